The molecule has 0 aliphatic carbocycles. The van der Waals surface area contributed by atoms with Crippen molar-refractivity contribution in [3.8, 4) is 5.69 Å². The summed E-state index contributed by atoms with van der Waals surface area (Å²) < 4.78 is 2.89. The Hall–Kier alpha value is -1.20. The van der Waals surface area contributed by atoms with Crippen LogP contribution in [0.2, 0.25) is 0 Å². The van der Waals surface area contributed by atoms with Gasteiger partial charge in [0.15, 0.2) is 0 Å². The first-order chi connectivity index (χ1) is 8.13. The summed E-state index contributed by atoms with van der Waals surface area (Å²) >= 11 is 3.52. The van der Waals surface area contributed by atoms with Gasteiger partial charge in [-0.1, -0.05) is 27.2 Å². The highest BCUT2D eigenvalue weighted by Crippen LogP contribution is 2.22. The molecule has 1 heterocycles. The number of benzene rings is 1. The number of hydrogen-bond acceptors (Lipinski definition) is 3. The maximum absolute atomic E-state index is 4.17. The maximum Gasteiger partial charge on any atom is 0.0998 e. The van der Waals surface area contributed by atoms with Crippen molar-refractivity contribution in [2.45, 2.75) is 19.9 Å². The van der Waals surface area contributed by atoms with Gasteiger partial charge in [0.1, 0.15) is 0 Å². The second kappa shape index (κ2) is 4.98. The maximum atomic E-state index is 4.17. The number of aromatic nitrogens is 3. The molecule has 0 bridgehead atoms. The predicted octanol–water partition coefficient (Wildman–Crippen LogP) is 2.62. The van der Waals surface area contributed by atoms with E-state index in [0.717, 1.165) is 21.4 Å². The van der Waals surface area contributed by atoms with E-state index in [0.29, 0.717) is 0 Å². The van der Waals surface area contributed by atoms with Crippen LogP contribution >= 0.6 is 15.9 Å². The van der Waals surface area contributed by atoms with Gasteiger partial charge in [0.25, 0.3) is 0 Å². The van der Waals surface area contributed by atoms with Gasteiger partial charge in [-0.15, -0.1) is 5.10 Å². The molecule has 4 nitrogen and oxygen atoms in total. The number of nitrogens with zero attached hydrogens (tertiary/aromatic N) is 3. The van der Waals surface area contributed by atoms with Crippen LogP contribution in [0.4, 0.5) is 0 Å². The summed E-state index contributed by atoms with van der Waals surface area (Å²) in [6, 6.07) is 6.25. The Morgan fingerprint density at radius 3 is 2.88 bits per heavy atom. The lowest BCUT2D eigenvalue weighted by Crippen LogP contribution is -2.12. The Labute approximate surface area is 109 Å². The summed E-state index contributed by atoms with van der Waals surface area (Å²) in [5.41, 5.74) is 3.13. The van der Waals surface area contributed by atoms with Gasteiger partial charge in [-0.25, -0.2) is 4.68 Å². The van der Waals surface area contributed by atoms with Crippen LogP contribution in [0, 0.1) is 6.92 Å². The molecule has 0 saturated carbocycles. The number of rotatable bonds is 3. The van der Waals surface area contributed by atoms with E-state index < -0.39 is 0 Å². The van der Waals surface area contributed by atoms with Crippen molar-refractivity contribution in [2.75, 3.05) is 7.05 Å². The average molecular weight is 295 g/mol. The van der Waals surface area contributed by atoms with Gasteiger partial charge in [0.05, 0.1) is 17.6 Å². The summed E-state index contributed by atoms with van der Waals surface area (Å²) in [5.74, 6) is 0. The molecule has 0 aliphatic heterocycles. The Balaban J connectivity index is 2.40. The molecule has 17 heavy (non-hydrogen) atoms. The number of hydrogen-bond donors (Lipinski definition) is 1. The molecule has 0 aliphatic rings. The van der Waals surface area contributed by atoms with Crippen molar-refractivity contribution in [3.05, 3.63) is 40.1 Å². The van der Waals surface area contributed by atoms with Gasteiger partial charge in [0, 0.05) is 10.5 Å². The third-order valence-electron chi connectivity index (χ3n) is 2.87. The lowest BCUT2D eigenvalue weighted by atomic mass is 10.2. The second-order valence-corrected chi connectivity index (χ2v) is 4.84. The SMILES string of the molecule is CNC(C)c1cn(-c2cccc(Br)c2C)nn1. The first-order valence-corrected chi connectivity index (χ1v) is 6.27. The number of nitrogens with one attached hydrogen (secondary N) is 1. The van der Waals surface area contributed by atoms with Crippen LogP contribution in [0.5, 0.6) is 0 Å². The zero-order valence-corrected chi connectivity index (χ0v) is 11.7. The van der Waals surface area contributed by atoms with Crippen LogP contribution in [-0.4, -0.2) is 22.0 Å². The van der Waals surface area contributed by atoms with Crippen LogP contribution in [0.1, 0.15) is 24.2 Å². The van der Waals surface area contributed by atoms with Crippen molar-refractivity contribution in [3.63, 3.8) is 0 Å². The van der Waals surface area contributed by atoms with Crippen LogP contribution < -0.4 is 5.32 Å². The van der Waals surface area contributed by atoms with Gasteiger partial charge in [-0.3, -0.25) is 0 Å². The molecule has 0 spiro atoms. The first-order valence-electron chi connectivity index (χ1n) is 5.48. The highest BCUT2D eigenvalue weighted by molar-refractivity contribution is 9.10. The first kappa shape index (κ1) is 12.3. The molecular formula is C12H15BrN4. The standard InChI is InChI=1S/C12H15BrN4/c1-8-10(13)5-4-6-12(8)17-7-11(15-16-17)9(2)14-3/h4-7,9,14H,1-3H3. The lowest BCUT2D eigenvalue weighted by Gasteiger charge is -2.06. The Bertz CT molecular complexity index is 521. The molecule has 90 valence electrons. The second-order valence-electron chi connectivity index (χ2n) is 3.98. The molecule has 1 aromatic carbocycles. The van der Waals surface area contributed by atoms with Crippen LogP contribution in [0.15, 0.2) is 28.9 Å². The lowest BCUT2D eigenvalue weighted by molar-refractivity contribution is 0.630. The number of halogens is 1. The highest BCUT2D eigenvalue weighted by atomic mass is 79.9. The monoisotopic (exact) mass is 294 g/mol. The Morgan fingerprint density at radius 2 is 2.18 bits per heavy atom. The molecule has 0 amide bonds. The summed E-state index contributed by atoms with van der Waals surface area (Å²) in [7, 11) is 1.91. The van der Waals surface area contributed by atoms with Crippen molar-refractivity contribution in [1.29, 1.82) is 0 Å². The van der Waals surface area contributed by atoms with E-state index >= 15 is 0 Å². The van der Waals surface area contributed by atoms with E-state index in [1.54, 1.807) is 0 Å². The predicted molar refractivity (Wildman–Crippen MR) is 71.3 cm³/mol. The molecule has 1 aromatic heterocycles. The van der Waals surface area contributed by atoms with E-state index in [4.69, 9.17) is 0 Å². The molecule has 2 rings (SSSR count). The minimum Gasteiger partial charge on any atom is -0.312 e. The molecule has 0 saturated heterocycles. The van der Waals surface area contributed by atoms with Crippen LogP contribution in [-0.2, 0) is 0 Å². The zero-order valence-electron chi connectivity index (χ0n) is 10.1. The highest BCUT2D eigenvalue weighted by Gasteiger charge is 2.10. The van der Waals surface area contributed by atoms with E-state index in [1.807, 2.05) is 36.1 Å². The molecular weight excluding hydrogens is 280 g/mol. The van der Waals surface area contributed by atoms with E-state index in [2.05, 4.69) is 45.4 Å². The molecule has 1 N–H and O–H groups in total. The van der Waals surface area contributed by atoms with Gasteiger partial charge in [-0.2, -0.15) is 0 Å². The van der Waals surface area contributed by atoms with Gasteiger partial charge < -0.3 is 5.32 Å². The van der Waals surface area contributed by atoms with E-state index in [-0.39, 0.29) is 6.04 Å². The summed E-state index contributed by atoms with van der Waals surface area (Å²) in [4.78, 5) is 0. The molecule has 5 heteroatoms. The third kappa shape index (κ3) is 2.40. The smallest absolute Gasteiger partial charge is 0.0998 e. The van der Waals surface area contributed by atoms with Crippen molar-refractivity contribution >= 4 is 15.9 Å². The third-order valence-corrected chi connectivity index (χ3v) is 3.73. The Morgan fingerprint density at radius 1 is 1.41 bits per heavy atom. The minimum absolute atomic E-state index is 0.205. The van der Waals surface area contributed by atoms with Crippen molar-refractivity contribution < 1.29 is 0 Å². The quantitative estimate of drug-likeness (QED) is 0.946. The fourth-order valence-electron chi connectivity index (χ4n) is 1.59. The molecule has 0 radical (unpaired) electrons. The van der Waals surface area contributed by atoms with Crippen molar-refractivity contribution in [1.82, 2.24) is 20.3 Å². The molecule has 0 fully saturated rings. The van der Waals surface area contributed by atoms with E-state index in [1.165, 1.54) is 0 Å². The summed E-state index contributed by atoms with van der Waals surface area (Å²) in [6.07, 6.45) is 1.95. The van der Waals surface area contributed by atoms with Crippen LogP contribution in [0.3, 0.4) is 0 Å². The van der Waals surface area contributed by atoms with Gasteiger partial charge >= 0.3 is 0 Å². The fourth-order valence-corrected chi connectivity index (χ4v) is 1.94. The average Bonchev–Trinajstić information content (AvgIpc) is 2.81. The largest absolute Gasteiger partial charge is 0.312 e. The summed E-state index contributed by atoms with van der Waals surface area (Å²) in [6.45, 7) is 4.12. The molecule has 1 unspecified atom stereocenters. The fraction of sp³-hybridized carbons (Fsp3) is 0.333. The summed E-state index contributed by atoms with van der Waals surface area (Å²) in [5, 5.41) is 11.5. The topological polar surface area (TPSA) is 42.7 Å². The van der Waals surface area contributed by atoms with Gasteiger partial charge in [-0.05, 0) is 38.6 Å². The molecule has 2 aromatic rings. The molecule has 1 atom stereocenters. The van der Waals surface area contributed by atoms with E-state index in [9.17, 15) is 0 Å². The van der Waals surface area contributed by atoms with Crippen molar-refractivity contribution in [2.24, 2.45) is 0 Å². The minimum atomic E-state index is 0.205. The van der Waals surface area contributed by atoms with Gasteiger partial charge in [0.2, 0.25) is 0 Å². The van der Waals surface area contributed by atoms with Crippen LogP contribution in [0.25, 0.3) is 5.69 Å². The normalized spacial score (nSPS) is 12.7. The zero-order chi connectivity index (χ0) is 12.4. The Kier molecular flexibility index (Phi) is 3.59.